The number of carbonyl (C=O) groups excluding carboxylic acids is 1. The van der Waals surface area contributed by atoms with Gasteiger partial charge in [0.2, 0.25) is 11.7 Å². The van der Waals surface area contributed by atoms with Gasteiger partial charge in [0, 0.05) is 5.56 Å². The van der Waals surface area contributed by atoms with Crippen LogP contribution in [0.15, 0.2) is 51.6 Å². The van der Waals surface area contributed by atoms with Crippen LogP contribution in [0.5, 0.6) is 0 Å². The van der Waals surface area contributed by atoms with Gasteiger partial charge >= 0.3 is 0 Å². The van der Waals surface area contributed by atoms with Gasteiger partial charge in [-0.1, -0.05) is 35.5 Å². The molecule has 1 atom stereocenters. The van der Waals surface area contributed by atoms with E-state index < -0.39 is 5.92 Å². The van der Waals surface area contributed by atoms with E-state index in [2.05, 4.69) is 10.1 Å². The number of furan rings is 1. The molecule has 2 aromatic heterocycles. The second-order valence-electron chi connectivity index (χ2n) is 4.80. The summed E-state index contributed by atoms with van der Waals surface area (Å²) in [5.74, 6) is 0.920. The zero-order chi connectivity index (χ0) is 14.8. The molecule has 3 aromatic rings. The Hall–Kier alpha value is -2.69. The maximum Gasteiger partial charge on any atom is 0.237 e. The van der Waals surface area contributed by atoms with Gasteiger partial charge in [-0.05, 0) is 19.9 Å². The van der Waals surface area contributed by atoms with E-state index >= 15 is 0 Å². The van der Waals surface area contributed by atoms with E-state index in [4.69, 9.17) is 8.94 Å². The summed E-state index contributed by atoms with van der Waals surface area (Å²) in [6.07, 6.45) is 1.57. The third-order valence-electron chi connectivity index (χ3n) is 3.36. The Balaban J connectivity index is 1.86. The molecule has 1 unspecified atom stereocenters. The van der Waals surface area contributed by atoms with Crippen molar-refractivity contribution in [2.45, 2.75) is 19.8 Å². The summed E-state index contributed by atoms with van der Waals surface area (Å²) < 4.78 is 10.4. The molecular weight excluding hydrogens is 268 g/mol. The van der Waals surface area contributed by atoms with Crippen molar-refractivity contribution in [3.63, 3.8) is 0 Å². The Kier molecular flexibility index (Phi) is 3.39. The van der Waals surface area contributed by atoms with Crippen LogP contribution >= 0.6 is 0 Å². The lowest BCUT2D eigenvalue weighted by Gasteiger charge is -2.04. The fourth-order valence-corrected chi connectivity index (χ4v) is 2.10. The van der Waals surface area contributed by atoms with Crippen LogP contribution in [0.4, 0.5) is 0 Å². The number of carbonyl (C=O) groups is 1. The molecule has 0 aliphatic carbocycles. The molecule has 0 aliphatic heterocycles. The number of benzene rings is 1. The Morgan fingerprint density at radius 3 is 2.62 bits per heavy atom. The highest BCUT2D eigenvalue weighted by molar-refractivity contribution is 6.00. The van der Waals surface area contributed by atoms with Gasteiger partial charge in [-0.25, -0.2) is 0 Å². The largest absolute Gasteiger partial charge is 0.469 e. The molecular formula is C16H14N2O3. The third-order valence-corrected chi connectivity index (χ3v) is 3.36. The first kappa shape index (κ1) is 13.3. The van der Waals surface area contributed by atoms with E-state index in [1.807, 2.05) is 25.1 Å². The zero-order valence-electron chi connectivity index (χ0n) is 11.7. The number of hydrogen-bond acceptors (Lipinski definition) is 5. The van der Waals surface area contributed by atoms with Crippen molar-refractivity contribution in [2.24, 2.45) is 0 Å². The topological polar surface area (TPSA) is 69.1 Å². The number of rotatable bonds is 4. The Bertz CT molecular complexity index is 759. The number of hydrogen-bond donors (Lipinski definition) is 0. The van der Waals surface area contributed by atoms with Crippen LogP contribution in [0, 0.1) is 6.92 Å². The molecule has 1 aromatic carbocycles. The van der Waals surface area contributed by atoms with E-state index in [-0.39, 0.29) is 5.78 Å². The fraction of sp³-hybridized carbons (Fsp3) is 0.188. The van der Waals surface area contributed by atoms with Crippen LogP contribution in [0.2, 0.25) is 0 Å². The minimum absolute atomic E-state index is 0.0466. The Labute approximate surface area is 121 Å². The minimum atomic E-state index is -0.485. The molecule has 0 N–H and O–H groups in total. The second-order valence-corrected chi connectivity index (χ2v) is 4.80. The summed E-state index contributed by atoms with van der Waals surface area (Å²) in [6, 6.07) is 10.8. The van der Waals surface area contributed by atoms with E-state index in [0.29, 0.717) is 23.0 Å². The van der Waals surface area contributed by atoms with Gasteiger partial charge in [-0.2, -0.15) is 4.98 Å². The van der Waals surface area contributed by atoms with E-state index in [0.717, 1.165) is 5.56 Å². The molecule has 5 nitrogen and oxygen atoms in total. The summed E-state index contributed by atoms with van der Waals surface area (Å²) in [5, 5.41) is 3.92. The maximum atomic E-state index is 12.4. The van der Waals surface area contributed by atoms with Crippen molar-refractivity contribution >= 4 is 5.78 Å². The quantitative estimate of drug-likeness (QED) is 0.683. The molecule has 2 heterocycles. The van der Waals surface area contributed by atoms with Crippen molar-refractivity contribution in [1.29, 1.82) is 0 Å². The molecule has 3 rings (SSSR count). The normalized spacial score (nSPS) is 12.3. The van der Waals surface area contributed by atoms with Crippen LogP contribution in [0.3, 0.4) is 0 Å². The number of ketones is 1. The van der Waals surface area contributed by atoms with Gasteiger partial charge < -0.3 is 8.94 Å². The predicted octanol–water partition coefficient (Wildman–Crippen LogP) is 3.62. The Morgan fingerprint density at radius 1 is 1.19 bits per heavy atom. The van der Waals surface area contributed by atoms with Crippen LogP contribution in [-0.2, 0) is 0 Å². The SMILES string of the molecule is Cc1occc1-c1noc(C(C)C(=O)c2ccccc2)n1. The summed E-state index contributed by atoms with van der Waals surface area (Å²) in [4.78, 5) is 16.7. The van der Waals surface area contributed by atoms with Crippen molar-refractivity contribution in [3.05, 3.63) is 59.9 Å². The van der Waals surface area contributed by atoms with Gasteiger partial charge in [0.15, 0.2) is 5.78 Å². The van der Waals surface area contributed by atoms with Gasteiger partial charge in [-0.15, -0.1) is 0 Å². The first-order valence-electron chi connectivity index (χ1n) is 6.64. The van der Waals surface area contributed by atoms with E-state index in [1.54, 1.807) is 31.4 Å². The highest BCUT2D eigenvalue weighted by Crippen LogP contribution is 2.25. The van der Waals surface area contributed by atoms with Crippen molar-refractivity contribution in [2.75, 3.05) is 0 Å². The second kappa shape index (κ2) is 5.36. The molecule has 0 bridgehead atoms. The van der Waals surface area contributed by atoms with Gasteiger partial charge in [-0.3, -0.25) is 4.79 Å². The molecule has 0 saturated heterocycles. The summed E-state index contributed by atoms with van der Waals surface area (Å²) in [5.41, 5.74) is 1.40. The third kappa shape index (κ3) is 2.50. The smallest absolute Gasteiger partial charge is 0.237 e. The maximum absolute atomic E-state index is 12.4. The lowest BCUT2D eigenvalue weighted by Crippen LogP contribution is -2.09. The fourth-order valence-electron chi connectivity index (χ4n) is 2.10. The molecule has 0 radical (unpaired) electrons. The van der Waals surface area contributed by atoms with Crippen LogP contribution in [0.25, 0.3) is 11.4 Å². The van der Waals surface area contributed by atoms with Crippen LogP contribution in [0.1, 0.15) is 34.9 Å². The number of aryl methyl sites for hydroxylation is 1. The Morgan fingerprint density at radius 2 is 1.95 bits per heavy atom. The van der Waals surface area contributed by atoms with Gasteiger partial charge in [0.05, 0.1) is 17.7 Å². The molecule has 0 spiro atoms. The number of aromatic nitrogens is 2. The first-order valence-corrected chi connectivity index (χ1v) is 6.64. The summed E-state index contributed by atoms with van der Waals surface area (Å²) in [6.45, 7) is 3.58. The average Bonchev–Trinajstić information content (AvgIpc) is 3.15. The standard InChI is InChI=1S/C16H14N2O3/c1-10(14(19)12-6-4-3-5-7-12)16-17-15(18-21-16)13-8-9-20-11(13)2/h3-10H,1-2H3. The average molecular weight is 282 g/mol. The summed E-state index contributed by atoms with van der Waals surface area (Å²) in [7, 11) is 0. The number of Topliss-reactive ketones (excluding diaryl/α,β-unsaturated/α-hetero) is 1. The monoisotopic (exact) mass is 282 g/mol. The highest BCUT2D eigenvalue weighted by atomic mass is 16.5. The highest BCUT2D eigenvalue weighted by Gasteiger charge is 2.24. The van der Waals surface area contributed by atoms with Crippen molar-refractivity contribution in [1.82, 2.24) is 10.1 Å². The van der Waals surface area contributed by atoms with Gasteiger partial charge in [0.25, 0.3) is 0 Å². The van der Waals surface area contributed by atoms with Crippen molar-refractivity contribution < 1.29 is 13.7 Å². The first-order chi connectivity index (χ1) is 10.2. The van der Waals surface area contributed by atoms with Crippen LogP contribution in [-0.4, -0.2) is 15.9 Å². The molecule has 106 valence electrons. The lowest BCUT2D eigenvalue weighted by atomic mass is 9.99. The number of nitrogens with zero attached hydrogens (tertiary/aromatic N) is 2. The van der Waals surface area contributed by atoms with Gasteiger partial charge in [0.1, 0.15) is 5.76 Å². The predicted molar refractivity (Wildman–Crippen MR) is 75.9 cm³/mol. The molecule has 0 amide bonds. The van der Waals surface area contributed by atoms with E-state index in [1.165, 1.54) is 0 Å². The summed E-state index contributed by atoms with van der Waals surface area (Å²) >= 11 is 0. The minimum Gasteiger partial charge on any atom is -0.469 e. The van der Waals surface area contributed by atoms with E-state index in [9.17, 15) is 4.79 Å². The lowest BCUT2D eigenvalue weighted by molar-refractivity contribution is 0.0951. The van der Waals surface area contributed by atoms with Crippen molar-refractivity contribution in [3.8, 4) is 11.4 Å². The molecule has 0 aliphatic rings. The van der Waals surface area contributed by atoms with Crippen LogP contribution < -0.4 is 0 Å². The molecule has 0 fully saturated rings. The molecule has 21 heavy (non-hydrogen) atoms. The zero-order valence-corrected chi connectivity index (χ0v) is 11.7. The molecule has 5 heteroatoms. The molecule has 0 saturated carbocycles.